The van der Waals surface area contributed by atoms with Gasteiger partial charge in [-0.05, 0) is 43.7 Å². The van der Waals surface area contributed by atoms with E-state index in [-0.39, 0.29) is 23.3 Å². The third kappa shape index (κ3) is 3.78. The van der Waals surface area contributed by atoms with E-state index < -0.39 is 10.9 Å². The van der Waals surface area contributed by atoms with Crippen molar-refractivity contribution in [2.24, 2.45) is 11.8 Å². The molecule has 0 radical (unpaired) electrons. The zero-order valence-electron chi connectivity index (χ0n) is 20.3. The fourth-order valence-electron chi connectivity index (χ4n) is 6.52. The summed E-state index contributed by atoms with van der Waals surface area (Å²) in [4.78, 5) is 31.8. The second-order valence-electron chi connectivity index (χ2n) is 10.3. The van der Waals surface area contributed by atoms with Crippen LogP contribution in [0.15, 0.2) is 24.5 Å². The summed E-state index contributed by atoms with van der Waals surface area (Å²) in [5.74, 6) is -0.255. The third-order valence-corrected chi connectivity index (χ3v) is 9.64. The van der Waals surface area contributed by atoms with Crippen LogP contribution in [0.1, 0.15) is 61.3 Å². The van der Waals surface area contributed by atoms with Crippen LogP contribution in [0.4, 0.5) is 10.7 Å². The van der Waals surface area contributed by atoms with Gasteiger partial charge in [-0.15, -0.1) is 11.3 Å². The van der Waals surface area contributed by atoms with Crippen molar-refractivity contribution in [1.29, 1.82) is 0 Å². The minimum absolute atomic E-state index is 0.00444. The van der Waals surface area contributed by atoms with Crippen LogP contribution in [-0.2, 0) is 4.74 Å². The molecule has 3 atom stereocenters. The molecule has 3 aromatic rings. The molecule has 36 heavy (non-hydrogen) atoms. The Morgan fingerprint density at radius 2 is 2.00 bits per heavy atom. The topological polar surface area (TPSA) is 111 Å². The normalized spacial score (nSPS) is 24.4. The third-order valence-electron chi connectivity index (χ3n) is 8.35. The molecule has 3 aliphatic rings. The van der Waals surface area contributed by atoms with Gasteiger partial charge in [0.25, 0.3) is 0 Å². The van der Waals surface area contributed by atoms with Crippen LogP contribution >= 0.6 is 11.3 Å². The molecular formula is C26H30N4O5S. The van der Waals surface area contributed by atoms with Gasteiger partial charge in [0.1, 0.15) is 9.88 Å². The van der Waals surface area contributed by atoms with Crippen molar-refractivity contribution in [2.45, 2.75) is 57.1 Å². The van der Waals surface area contributed by atoms with Crippen LogP contribution < -0.4 is 4.90 Å². The minimum Gasteiger partial charge on any atom is -0.465 e. The van der Waals surface area contributed by atoms with Gasteiger partial charge in [-0.1, -0.05) is 25.3 Å². The van der Waals surface area contributed by atoms with Gasteiger partial charge < -0.3 is 19.3 Å². The van der Waals surface area contributed by atoms with Gasteiger partial charge in [0.2, 0.25) is 0 Å². The number of hydrogen-bond acceptors (Lipinski definition) is 8. The van der Waals surface area contributed by atoms with Crippen LogP contribution in [0, 0.1) is 22.0 Å². The van der Waals surface area contributed by atoms with Crippen molar-refractivity contribution in [2.75, 3.05) is 25.1 Å². The number of carbonyl (C=O) groups is 1. The highest BCUT2D eigenvalue weighted by Gasteiger charge is 2.45. The number of rotatable bonds is 5. The molecule has 3 unspecified atom stereocenters. The molecule has 10 heteroatoms. The number of aromatic nitrogens is 2. The number of thiophene rings is 1. The molecule has 0 spiro atoms. The number of esters is 1. The highest BCUT2D eigenvalue weighted by Crippen LogP contribution is 2.50. The number of aliphatic hydroxyl groups excluding tert-OH is 1. The zero-order chi connectivity index (χ0) is 25.0. The molecule has 1 aliphatic heterocycles. The number of fused-ring (bicyclic) bond motifs is 2. The number of ether oxygens (including phenoxy) is 1. The largest absolute Gasteiger partial charge is 0.465 e. The highest BCUT2D eigenvalue weighted by molar-refractivity contribution is 7.20. The Morgan fingerprint density at radius 3 is 2.72 bits per heavy atom. The molecule has 2 aliphatic carbocycles. The van der Waals surface area contributed by atoms with Crippen LogP contribution in [0.5, 0.6) is 0 Å². The van der Waals surface area contributed by atoms with Gasteiger partial charge >= 0.3 is 11.7 Å². The number of benzene rings is 1. The summed E-state index contributed by atoms with van der Waals surface area (Å²) in [5, 5.41) is 23.2. The second kappa shape index (κ2) is 9.15. The van der Waals surface area contributed by atoms with E-state index in [1.165, 1.54) is 37.7 Å². The quantitative estimate of drug-likeness (QED) is 0.286. The number of anilines is 1. The number of methoxy groups -OCH3 is 1. The molecule has 3 heterocycles. The molecule has 6 rings (SSSR count). The van der Waals surface area contributed by atoms with E-state index >= 15 is 0 Å². The minimum atomic E-state index is -0.709. The summed E-state index contributed by atoms with van der Waals surface area (Å²) < 4.78 is 7.24. The van der Waals surface area contributed by atoms with Crippen LogP contribution in [-0.4, -0.2) is 51.9 Å². The lowest BCUT2D eigenvalue weighted by atomic mass is 9.95. The number of nitro groups is 1. The van der Waals surface area contributed by atoms with E-state index in [1.807, 2.05) is 29.4 Å². The SMILES string of the molecule is COC(=O)c1c(N2CC3CCC(O)C3C2)sc(-c2ccc3c(c2)ncn3C2CCCCC2)c1[N+](=O)[O-]. The first kappa shape index (κ1) is 23.4. The van der Waals surface area contributed by atoms with E-state index in [0.717, 1.165) is 36.7 Å². The Hall–Kier alpha value is -2.98. The molecular weight excluding hydrogens is 480 g/mol. The van der Waals surface area contributed by atoms with E-state index in [1.54, 1.807) is 0 Å². The lowest BCUT2D eigenvalue weighted by Gasteiger charge is -2.23. The maximum atomic E-state index is 12.9. The molecule has 0 amide bonds. The summed E-state index contributed by atoms with van der Waals surface area (Å²) >= 11 is 1.26. The zero-order valence-corrected chi connectivity index (χ0v) is 21.1. The first-order chi connectivity index (χ1) is 17.5. The summed E-state index contributed by atoms with van der Waals surface area (Å²) in [6.07, 6.45) is 9.23. The van der Waals surface area contributed by atoms with Gasteiger partial charge in [0, 0.05) is 30.6 Å². The predicted octanol–water partition coefficient (Wildman–Crippen LogP) is 5.17. The van der Waals surface area contributed by atoms with Crippen molar-refractivity contribution in [3.63, 3.8) is 0 Å². The molecule has 1 aromatic carbocycles. The van der Waals surface area contributed by atoms with Gasteiger partial charge in [-0.25, -0.2) is 9.78 Å². The average Bonchev–Trinajstić information content (AvgIpc) is 3.66. The number of aliphatic hydroxyl groups is 1. The predicted molar refractivity (Wildman–Crippen MR) is 138 cm³/mol. The smallest absolute Gasteiger partial charge is 0.347 e. The van der Waals surface area contributed by atoms with E-state index in [0.29, 0.717) is 40.5 Å². The first-order valence-electron chi connectivity index (χ1n) is 12.8. The molecule has 2 aromatic heterocycles. The fourth-order valence-corrected chi connectivity index (χ4v) is 7.79. The number of carbonyl (C=O) groups excluding carboxylic acids is 1. The van der Waals surface area contributed by atoms with Gasteiger partial charge in [0.15, 0.2) is 5.56 Å². The molecule has 1 N–H and O–H groups in total. The lowest BCUT2D eigenvalue weighted by Crippen LogP contribution is -2.25. The molecule has 9 nitrogen and oxygen atoms in total. The van der Waals surface area contributed by atoms with Crippen LogP contribution in [0.3, 0.4) is 0 Å². The fraction of sp³-hybridized carbons (Fsp3) is 0.538. The molecule has 3 fully saturated rings. The Kier molecular flexibility index (Phi) is 5.95. The van der Waals surface area contributed by atoms with E-state index in [2.05, 4.69) is 9.55 Å². The summed E-state index contributed by atoms with van der Waals surface area (Å²) in [6.45, 7) is 1.26. The maximum Gasteiger partial charge on any atom is 0.347 e. The summed E-state index contributed by atoms with van der Waals surface area (Å²) in [6, 6.07) is 6.22. The highest BCUT2D eigenvalue weighted by atomic mass is 32.1. The number of nitrogens with zero attached hydrogens (tertiary/aromatic N) is 4. The Bertz CT molecular complexity index is 1330. The van der Waals surface area contributed by atoms with Gasteiger partial charge in [-0.3, -0.25) is 10.1 Å². The molecule has 190 valence electrons. The molecule has 1 saturated heterocycles. The number of hydrogen-bond donors (Lipinski definition) is 1. The number of imidazole rings is 1. The van der Waals surface area contributed by atoms with Gasteiger partial charge in [-0.2, -0.15) is 0 Å². The van der Waals surface area contributed by atoms with Crippen molar-refractivity contribution >= 4 is 39.0 Å². The monoisotopic (exact) mass is 510 g/mol. The summed E-state index contributed by atoms with van der Waals surface area (Å²) in [5.41, 5.74) is 2.28. The Balaban J connectivity index is 1.43. The van der Waals surface area contributed by atoms with E-state index in [4.69, 9.17) is 4.74 Å². The van der Waals surface area contributed by atoms with Crippen molar-refractivity contribution in [3.8, 4) is 10.4 Å². The molecule has 0 bridgehead atoms. The second-order valence-corrected chi connectivity index (χ2v) is 11.3. The Morgan fingerprint density at radius 1 is 1.19 bits per heavy atom. The standard InChI is InChI=1S/C26H30N4O5S/c1-35-26(32)22-23(30(33)34)24(36-25(22)28-12-16-8-10-21(31)18(16)13-28)15-7-9-20-19(11-15)27-14-29(20)17-5-3-2-4-6-17/h7,9,11,14,16-18,21,31H,2-6,8,10,12-13H2,1H3. The van der Waals surface area contributed by atoms with Crippen molar-refractivity contribution in [1.82, 2.24) is 9.55 Å². The average molecular weight is 511 g/mol. The van der Waals surface area contributed by atoms with Gasteiger partial charge in [0.05, 0.1) is 35.5 Å². The van der Waals surface area contributed by atoms with Crippen LogP contribution in [0.25, 0.3) is 21.5 Å². The van der Waals surface area contributed by atoms with E-state index in [9.17, 15) is 20.0 Å². The molecule has 2 saturated carbocycles. The summed E-state index contributed by atoms with van der Waals surface area (Å²) in [7, 11) is 1.25. The first-order valence-corrected chi connectivity index (χ1v) is 13.6. The Labute approximate surface area is 212 Å². The van der Waals surface area contributed by atoms with Crippen LogP contribution in [0.2, 0.25) is 0 Å². The van der Waals surface area contributed by atoms with Crippen molar-refractivity contribution in [3.05, 3.63) is 40.2 Å². The lowest BCUT2D eigenvalue weighted by molar-refractivity contribution is -0.384. The van der Waals surface area contributed by atoms with Crippen molar-refractivity contribution < 1.29 is 19.6 Å². The maximum absolute atomic E-state index is 12.9.